The third-order valence-electron chi connectivity index (χ3n) is 11.5. The van der Waals surface area contributed by atoms with Crippen LogP contribution in [0.4, 0.5) is 17.1 Å². The number of para-hydroxylation sites is 3. The minimum atomic E-state index is -0.0930. The Labute approximate surface area is 318 Å². The topological polar surface area (TPSA) is 46.8 Å². The number of fused-ring (bicyclic) bond motifs is 8. The number of hydrogen-bond acceptors (Lipinski definition) is 4. The van der Waals surface area contributed by atoms with E-state index in [0.29, 0.717) is 5.95 Å². The molecule has 10 aromatic rings. The van der Waals surface area contributed by atoms with E-state index in [9.17, 15) is 0 Å². The normalized spacial score (nSPS) is 13.4. The zero-order chi connectivity index (χ0) is 36.7. The van der Waals surface area contributed by atoms with Gasteiger partial charge in [-0.1, -0.05) is 117 Å². The Balaban J connectivity index is 1.06. The predicted octanol–water partition coefficient (Wildman–Crippen LogP) is 12.7. The van der Waals surface area contributed by atoms with Crippen LogP contribution in [0, 0.1) is 0 Å². The summed E-state index contributed by atoms with van der Waals surface area (Å²) >= 11 is 0. The molecule has 0 atom stereocenters. The molecule has 260 valence electrons. The van der Waals surface area contributed by atoms with Crippen LogP contribution in [-0.4, -0.2) is 19.5 Å². The van der Waals surface area contributed by atoms with Gasteiger partial charge in [-0.2, -0.15) is 0 Å². The molecule has 3 aromatic heterocycles. The second-order valence-corrected chi connectivity index (χ2v) is 14.9. The smallest absolute Gasteiger partial charge is 0.235 e. The van der Waals surface area contributed by atoms with Gasteiger partial charge in [-0.3, -0.25) is 9.55 Å². The second kappa shape index (κ2) is 12.0. The summed E-state index contributed by atoms with van der Waals surface area (Å²) in [5.74, 6) is 0.635. The summed E-state index contributed by atoms with van der Waals surface area (Å²) in [5.41, 5.74) is 14.3. The fourth-order valence-electron chi connectivity index (χ4n) is 8.77. The van der Waals surface area contributed by atoms with Crippen LogP contribution in [0.3, 0.4) is 0 Å². The van der Waals surface area contributed by atoms with Crippen molar-refractivity contribution in [2.75, 3.05) is 4.90 Å². The van der Waals surface area contributed by atoms with Gasteiger partial charge in [-0.15, -0.1) is 0 Å². The number of rotatable bonds is 4. The molecule has 1 aliphatic heterocycles. The molecule has 11 rings (SSSR count). The molecule has 1 aliphatic rings. The molecule has 4 heterocycles. The van der Waals surface area contributed by atoms with Crippen LogP contribution >= 0.6 is 0 Å². The first-order valence-corrected chi connectivity index (χ1v) is 18.8. The molecule has 0 unspecified atom stereocenters. The standard InChI is InChI=1S/C50H35N5/c1-50(2)40-17-7-10-20-45(40)54(46-21-11-8-18-41(46)50)35-25-22-32(23-26-35)34-24-29-44-39(31-34)36-15-6-9-19-43(36)55(44)49-52-47(33-13-4-3-5-14-33)38-27-28-42-37(48(38)53-49)16-12-30-51-42/h3-31H,1-2H3. The number of benzene rings is 7. The van der Waals surface area contributed by atoms with Crippen molar-refractivity contribution in [3.63, 3.8) is 0 Å². The summed E-state index contributed by atoms with van der Waals surface area (Å²) in [6, 6.07) is 60.6. The van der Waals surface area contributed by atoms with Crippen molar-refractivity contribution in [1.29, 1.82) is 0 Å². The zero-order valence-electron chi connectivity index (χ0n) is 30.5. The SMILES string of the molecule is CC1(C)c2ccccc2N(c2ccc(-c3ccc4c(c3)c3ccccc3n4-c3nc(-c4ccccc4)c4ccc5ncccc5c4n3)cc2)c2ccccc21. The Bertz CT molecular complexity index is 3070. The van der Waals surface area contributed by atoms with Crippen LogP contribution in [0.25, 0.3) is 71.9 Å². The van der Waals surface area contributed by atoms with E-state index < -0.39 is 0 Å². The number of nitrogens with zero attached hydrogens (tertiary/aromatic N) is 5. The van der Waals surface area contributed by atoms with Crippen LogP contribution in [0.15, 0.2) is 176 Å². The van der Waals surface area contributed by atoms with Gasteiger partial charge in [0.05, 0.1) is 39.1 Å². The van der Waals surface area contributed by atoms with Crippen molar-refractivity contribution in [1.82, 2.24) is 19.5 Å². The Hall–Kier alpha value is -7.11. The van der Waals surface area contributed by atoms with Crippen molar-refractivity contribution < 1.29 is 0 Å². The van der Waals surface area contributed by atoms with Gasteiger partial charge in [-0.25, -0.2) is 9.97 Å². The summed E-state index contributed by atoms with van der Waals surface area (Å²) < 4.78 is 2.21. The summed E-state index contributed by atoms with van der Waals surface area (Å²) in [6.07, 6.45) is 1.83. The average molecular weight is 706 g/mol. The van der Waals surface area contributed by atoms with Gasteiger partial charge in [0.1, 0.15) is 0 Å². The first-order valence-electron chi connectivity index (χ1n) is 18.8. The minimum absolute atomic E-state index is 0.0930. The monoisotopic (exact) mass is 705 g/mol. The predicted molar refractivity (Wildman–Crippen MR) is 227 cm³/mol. The van der Waals surface area contributed by atoms with Gasteiger partial charge in [0.15, 0.2) is 0 Å². The van der Waals surface area contributed by atoms with Crippen LogP contribution in [0.1, 0.15) is 25.0 Å². The minimum Gasteiger partial charge on any atom is -0.310 e. The van der Waals surface area contributed by atoms with E-state index in [1.54, 1.807) is 0 Å². The Kier molecular flexibility index (Phi) is 6.83. The number of anilines is 3. The maximum atomic E-state index is 5.32. The molecule has 5 heteroatoms. The molecular weight excluding hydrogens is 671 g/mol. The van der Waals surface area contributed by atoms with Crippen molar-refractivity contribution >= 4 is 60.7 Å². The van der Waals surface area contributed by atoms with Gasteiger partial charge in [-0.05, 0) is 89.0 Å². The van der Waals surface area contributed by atoms with Crippen molar-refractivity contribution in [2.45, 2.75) is 19.3 Å². The summed E-state index contributed by atoms with van der Waals surface area (Å²) in [5, 5.41) is 4.32. The first kappa shape index (κ1) is 31.4. The number of aromatic nitrogens is 4. The molecule has 7 aromatic carbocycles. The van der Waals surface area contributed by atoms with E-state index >= 15 is 0 Å². The van der Waals surface area contributed by atoms with Gasteiger partial charge >= 0.3 is 0 Å². The van der Waals surface area contributed by atoms with Gasteiger partial charge < -0.3 is 4.90 Å². The lowest BCUT2D eigenvalue weighted by atomic mass is 9.73. The van der Waals surface area contributed by atoms with Crippen LogP contribution in [0.2, 0.25) is 0 Å². The molecule has 0 aliphatic carbocycles. The Morgan fingerprint density at radius 3 is 1.91 bits per heavy atom. The molecule has 0 fully saturated rings. The highest BCUT2D eigenvalue weighted by atomic mass is 15.2. The van der Waals surface area contributed by atoms with Gasteiger partial charge in [0.2, 0.25) is 5.95 Å². The first-order chi connectivity index (χ1) is 27.0. The third-order valence-corrected chi connectivity index (χ3v) is 11.5. The van der Waals surface area contributed by atoms with Crippen LogP contribution in [0.5, 0.6) is 0 Å². The number of pyridine rings is 1. The lowest BCUT2D eigenvalue weighted by Crippen LogP contribution is -2.30. The Morgan fingerprint density at radius 1 is 0.473 bits per heavy atom. The molecule has 0 N–H and O–H groups in total. The van der Waals surface area contributed by atoms with Crippen molar-refractivity contribution in [3.8, 4) is 28.3 Å². The van der Waals surface area contributed by atoms with Crippen molar-refractivity contribution in [2.24, 2.45) is 0 Å². The largest absolute Gasteiger partial charge is 0.310 e. The number of hydrogen-bond donors (Lipinski definition) is 0. The maximum Gasteiger partial charge on any atom is 0.235 e. The maximum absolute atomic E-state index is 5.32. The van der Waals surface area contributed by atoms with Gasteiger partial charge in [0.25, 0.3) is 0 Å². The average Bonchev–Trinajstić information content (AvgIpc) is 3.58. The highest BCUT2D eigenvalue weighted by molar-refractivity contribution is 6.11. The third kappa shape index (κ3) is 4.76. The van der Waals surface area contributed by atoms with Crippen molar-refractivity contribution in [3.05, 3.63) is 187 Å². The quantitative estimate of drug-likeness (QED) is 0.171. The molecule has 5 nitrogen and oxygen atoms in total. The fourth-order valence-corrected chi connectivity index (χ4v) is 8.77. The second-order valence-electron chi connectivity index (χ2n) is 14.9. The van der Waals surface area contributed by atoms with Crippen LogP contribution < -0.4 is 4.90 Å². The summed E-state index contributed by atoms with van der Waals surface area (Å²) in [7, 11) is 0. The van der Waals surface area contributed by atoms with E-state index in [2.05, 4.69) is 186 Å². The van der Waals surface area contributed by atoms with E-state index in [-0.39, 0.29) is 5.41 Å². The fraction of sp³-hybridized carbons (Fsp3) is 0.0600. The molecule has 0 spiro atoms. The molecular formula is C50H35N5. The summed E-state index contributed by atoms with van der Waals surface area (Å²) in [4.78, 5) is 17.7. The highest BCUT2D eigenvalue weighted by Crippen LogP contribution is 2.51. The van der Waals surface area contributed by atoms with E-state index in [4.69, 9.17) is 9.97 Å². The molecule has 0 saturated heterocycles. The Morgan fingerprint density at radius 2 is 1.13 bits per heavy atom. The van der Waals surface area contributed by atoms with Crippen LogP contribution in [-0.2, 0) is 5.41 Å². The van der Waals surface area contributed by atoms with E-state index in [1.807, 2.05) is 18.3 Å². The van der Waals surface area contributed by atoms with E-state index in [1.165, 1.54) is 22.5 Å². The van der Waals surface area contributed by atoms with Gasteiger partial charge in [0, 0.05) is 44.4 Å². The molecule has 0 radical (unpaired) electrons. The van der Waals surface area contributed by atoms with E-state index in [0.717, 1.165) is 71.7 Å². The molecule has 0 amide bonds. The highest BCUT2D eigenvalue weighted by Gasteiger charge is 2.36. The zero-order valence-corrected chi connectivity index (χ0v) is 30.5. The summed E-state index contributed by atoms with van der Waals surface area (Å²) in [6.45, 7) is 4.65. The lowest BCUT2D eigenvalue weighted by molar-refractivity contribution is 0.632. The molecule has 0 saturated carbocycles. The lowest BCUT2D eigenvalue weighted by Gasteiger charge is -2.42. The molecule has 0 bridgehead atoms. The molecule has 55 heavy (non-hydrogen) atoms.